The summed E-state index contributed by atoms with van der Waals surface area (Å²) in [6.45, 7) is 0.407. The quantitative estimate of drug-likeness (QED) is 0.755. The number of carbonyl (C=O) groups excluding carboxylic acids is 1. The van der Waals surface area contributed by atoms with Gasteiger partial charge in [-0.1, -0.05) is 0 Å². The topological polar surface area (TPSA) is 101 Å². The summed E-state index contributed by atoms with van der Waals surface area (Å²) in [5, 5.41) is 25.8. The van der Waals surface area contributed by atoms with E-state index in [1.165, 1.54) is 4.90 Å². The zero-order chi connectivity index (χ0) is 15.5. The monoisotopic (exact) mass is 282 g/mol. The van der Waals surface area contributed by atoms with Crippen molar-refractivity contribution < 1.29 is 9.53 Å². The van der Waals surface area contributed by atoms with Crippen LogP contribution in [-0.4, -0.2) is 30.5 Å². The van der Waals surface area contributed by atoms with Crippen LogP contribution in [0, 0.1) is 34.0 Å². The molecule has 1 amide bonds. The van der Waals surface area contributed by atoms with Gasteiger partial charge in [-0.05, 0) is 24.3 Å². The Kier molecular flexibility index (Phi) is 6.83. The average Bonchev–Trinajstić information content (AvgIpc) is 2.53. The van der Waals surface area contributed by atoms with Gasteiger partial charge in [-0.15, -0.1) is 0 Å². The zero-order valence-corrected chi connectivity index (χ0v) is 11.5. The molecule has 0 atom stereocenters. The van der Waals surface area contributed by atoms with Crippen LogP contribution in [0.5, 0.6) is 5.75 Å². The van der Waals surface area contributed by atoms with Gasteiger partial charge in [0, 0.05) is 13.1 Å². The third-order valence-corrected chi connectivity index (χ3v) is 2.69. The van der Waals surface area contributed by atoms with Crippen molar-refractivity contribution in [1.29, 1.82) is 15.8 Å². The first kappa shape index (κ1) is 16.0. The molecule has 1 rings (SSSR count). The minimum atomic E-state index is -0.273. The Morgan fingerprint density at radius 2 is 1.62 bits per heavy atom. The second-order valence-corrected chi connectivity index (χ2v) is 4.12. The second kappa shape index (κ2) is 8.96. The van der Waals surface area contributed by atoms with Crippen molar-refractivity contribution in [2.75, 3.05) is 19.7 Å². The van der Waals surface area contributed by atoms with Gasteiger partial charge < -0.3 is 9.64 Å². The van der Waals surface area contributed by atoms with Gasteiger partial charge in [0.05, 0.1) is 36.6 Å². The van der Waals surface area contributed by atoms with E-state index in [1.807, 2.05) is 18.2 Å². The molecule has 0 spiro atoms. The van der Waals surface area contributed by atoms with Crippen molar-refractivity contribution in [3.63, 3.8) is 0 Å². The Labute approximate surface area is 123 Å². The molecule has 0 heterocycles. The first-order chi connectivity index (χ1) is 10.2. The SMILES string of the molecule is N#CCCN(CCC#N)C(=O)COc1ccc(C#N)cc1. The largest absolute Gasteiger partial charge is 0.484 e. The summed E-state index contributed by atoms with van der Waals surface area (Å²) in [5.74, 6) is 0.215. The molecular formula is C15H14N4O2. The van der Waals surface area contributed by atoms with Crippen LogP contribution in [0.25, 0.3) is 0 Å². The van der Waals surface area contributed by atoms with Crippen LogP contribution in [0.4, 0.5) is 0 Å². The highest BCUT2D eigenvalue weighted by Gasteiger charge is 2.13. The third-order valence-electron chi connectivity index (χ3n) is 2.69. The number of nitrogens with zero attached hydrogens (tertiary/aromatic N) is 4. The fourth-order valence-corrected chi connectivity index (χ4v) is 1.59. The lowest BCUT2D eigenvalue weighted by atomic mass is 10.2. The third kappa shape index (κ3) is 5.63. The minimum absolute atomic E-state index is 0.164. The van der Waals surface area contributed by atoms with Crippen molar-refractivity contribution in [1.82, 2.24) is 4.90 Å². The maximum atomic E-state index is 12.0. The molecule has 0 unspecified atom stereocenters. The maximum Gasteiger partial charge on any atom is 0.260 e. The van der Waals surface area contributed by atoms with Gasteiger partial charge in [0.1, 0.15) is 5.75 Å². The second-order valence-electron chi connectivity index (χ2n) is 4.12. The summed E-state index contributed by atoms with van der Waals surface area (Å²) in [6.07, 6.45) is 0.433. The molecule has 0 fully saturated rings. The number of ether oxygens (including phenoxy) is 1. The summed E-state index contributed by atoms with van der Waals surface area (Å²) < 4.78 is 5.34. The highest BCUT2D eigenvalue weighted by molar-refractivity contribution is 5.77. The molecule has 1 aromatic carbocycles. The zero-order valence-electron chi connectivity index (χ0n) is 11.5. The highest BCUT2D eigenvalue weighted by Crippen LogP contribution is 2.11. The molecule has 0 saturated heterocycles. The van der Waals surface area contributed by atoms with Crippen molar-refractivity contribution in [3.8, 4) is 24.0 Å². The lowest BCUT2D eigenvalue weighted by Gasteiger charge is -2.20. The predicted molar refractivity (Wildman–Crippen MR) is 73.7 cm³/mol. The van der Waals surface area contributed by atoms with Gasteiger partial charge in [-0.3, -0.25) is 4.79 Å². The molecule has 0 bridgehead atoms. The van der Waals surface area contributed by atoms with Gasteiger partial charge >= 0.3 is 0 Å². The molecule has 6 heteroatoms. The van der Waals surface area contributed by atoms with E-state index >= 15 is 0 Å². The van der Waals surface area contributed by atoms with E-state index in [4.69, 9.17) is 20.5 Å². The summed E-state index contributed by atoms with van der Waals surface area (Å²) in [7, 11) is 0. The average molecular weight is 282 g/mol. The van der Waals surface area contributed by atoms with Gasteiger partial charge in [0.25, 0.3) is 5.91 Å². The minimum Gasteiger partial charge on any atom is -0.484 e. The number of benzene rings is 1. The standard InChI is InChI=1S/C15H14N4O2/c16-7-1-9-19(10-2-8-17)15(20)12-21-14-5-3-13(11-18)4-6-14/h3-6H,1-2,9-10,12H2. The Morgan fingerprint density at radius 1 is 1.05 bits per heavy atom. The van der Waals surface area contributed by atoms with Crippen molar-refractivity contribution >= 4 is 5.91 Å². The maximum absolute atomic E-state index is 12.0. The number of hydrogen-bond donors (Lipinski definition) is 0. The first-order valence-electron chi connectivity index (χ1n) is 6.36. The summed E-state index contributed by atoms with van der Waals surface area (Å²) >= 11 is 0. The molecule has 0 N–H and O–H groups in total. The van der Waals surface area contributed by atoms with Crippen LogP contribution in [0.15, 0.2) is 24.3 Å². The fourth-order valence-electron chi connectivity index (χ4n) is 1.59. The van der Waals surface area contributed by atoms with Gasteiger partial charge in [0.2, 0.25) is 0 Å². The van der Waals surface area contributed by atoms with E-state index in [0.717, 1.165) is 0 Å². The lowest BCUT2D eigenvalue weighted by molar-refractivity contribution is -0.133. The van der Waals surface area contributed by atoms with E-state index in [1.54, 1.807) is 24.3 Å². The first-order valence-corrected chi connectivity index (χ1v) is 6.36. The molecule has 0 aliphatic heterocycles. The Hall–Kier alpha value is -3.04. The van der Waals surface area contributed by atoms with E-state index in [9.17, 15) is 4.79 Å². The molecule has 106 valence electrons. The van der Waals surface area contributed by atoms with E-state index in [2.05, 4.69) is 0 Å². The number of hydrogen-bond acceptors (Lipinski definition) is 5. The smallest absolute Gasteiger partial charge is 0.260 e. The van der Waals surface area contributed by atoms with Crippen LogP contribution >= 0.6 is 0 Å². The predicted octanol–water partition coefficient (Wildman–Crippen LogP) is 1.59. The molecule has 1 aromatic rings. The summed E-state index contributed by atoms with van der Waals surface area (Å²) in [5.41, 5.74) is 0.512. The molecular weight excluding hydrogens is 268 g/mol. The molecule has 6 nitrogen and oxygen atoms in total. The lowest BCUT2D eigenvalue weighted by Crippen LogP contribution is -2.36. The summed E-state index contributed by atoms with van der Waals surface area (Å²) in [4.78, 5) is 13.4. The van der Waals surface area contributed by atoms with Crippen LogP contribution in [0.3, 0.4) is 0 Å². The van der Waals surface area contributed by atoms with E-state index in [0.29, 0.717) is 11.3 Å². The van der Waals surface area contributed by atoms with Crippen molar-refractivity contribution in [3.05, 3.63) is 29.8 Å². The normalized spacial score (nSPS) is 9.00. The Balaban J connectivity index is 2.53. The van der Waals surface area contributed by atoms with Crippen LogP contribution in [0.2, 0.25) is 0 Å². The van der Waals surface area contributed by atoms with E-state index in [-0.39, 0.29) is 38.4 Å². The summed E-state index contributed by atoms with van der Waals surface area (Å²) in [6, 6.07) is 12.4. The van der Waals surface area contributed by atoms with Crippen LogP contribution < -0.4 is 4.74 Å². The Bertz CT molecular complexity index is 572. The van der Waals surface area contributed by atoms with Gasteiger partial charge in [-0.25, -0.2) is 0 Å². The highest BCUT2D eigenvalue weighted by atomic mass is 16.5. The molecule has 0 aliphatic rings. The molecule has 21 heavy (non-hydrogen) atoms. The van der Waals surface area contributed by atoms with Crippen molar-refractivity contribution in [2.45, 2.75) is 12.8 Å². The van der Waals surface area contributed by atoms with E-state index < -0.39 is 0 Å². The molecule has 0 aliphatic carbocycles. The van der Waals surface area contributed by atoms with Crippen LogP contribution in [-0.2, 0) is 4.79 Å². The fraction of sp³-hybridized carbons (Fsp3) is 0.333. The van der Waals surface area contributed by atoms with Gasteiger partial charge in [-0.2, -0.15) is 15.8 Å². The van der Waals surface area contributed by atoms with Crippen molar-refractivity contribution in [2.24, 2.45) is 0 Å². The Morgan fingerprint density at radius 3 is 2.10 bits per heavy atom. The molecule has 0 saturated carbocycles. The number of rotatable bonds is 7. The van der Waals surface area contributed by atoms with Gasteiger partial charge in [0.15, 0.2) is 6.61 Å². The number of nitriles is 3. The molecule has 0 aromatic heterocycles. The molecule has 0 radical (unpaired) electrons. The van der Waals surface area contributed by atoms with Crippen LogP contribution in [0.1, 0.15) is 18.4 Å². The number of carbonyl (C=O) groups is 1. The number of amides is 1.